The average Bonchev–Trinajstić information content (AvgIpc) is 3.05. The van der Waals surface area contributed by atoms with Crippen molar-refractivity contribution in [1.82, 2.24) is 0 Å². The normalized spacial score (nSPS) is 13.3. The van der Waals surface area contributed by atoms with E-state index in [0.717, 1.165) is 12.1 Å². The number of rotatable bonds is 32. The maximum atomic E-state index is 8.52. The van der Waals surface area contributed by atoms with Crippen LogP contribution in [0.2, 0.25) is 0 Å². The van der Waals surface area contributed by atoms with Gasteiger partial charge in [0.2, 0.25) is 0 Å². The van der Waals surface area contributed by atoms with Crippen LogP contribution in [0.5, 0.6) is 0 Å². The maximum absolute atomic E-state index is 8.52. The molecule has 7 heteroatoms. The smallest absolute Gasteiger partial charge is 0.0861 e. The van der Waals surface area contributed by atoms with Gasteiger partial charge in [-0.1, -0.05) is 107 Å². The van der Waals surface area contributed by atoms with Crippen LogP contribution >= 0.6 is 0 Å². The summed E-state index contributed by atoms with van der Waals surface area (Å²) < 4.78 is 36.9. The minimum Gasteiger partial charge on any atom is -0.759 e. The third-order valence-corrected chi connectivity index (χ3v) is 11.1. The van der Waals surface area contributed by atoms with Crippen molar-refractivity contribution in [3.63, 3.8) is 0 Å². The summed E-state index contributed by atoms with van der Waals surface area (Å²) in [6.07, 6.45) is 33.6. The molecule has 0 aliphatic heterocycles. The van der Waals surface area contributed by atoms with Gasteiger partial charge in [-0.25, -0.2) is 0 Å². The van der Waals surface area contributed by atoms with Crippen LogP contribution in [0.25, 0.3) is 0 Å². The van der Waals surface area contributed by atoms with Crippen LogP contribution in [0.4, 0.5) is 0 Å². The third-order valence-electron chi connectivity index (χ3n) is 11.1. The molecule has 0 N–H and O–H groups in total. The minimum atomic E-state index is -5.17. The predicted molar refractivity (Wildman–Crippen MR) is 215 cm³/mol. The first-order chi connectivity index (χ1) is 23.3. The number of nitrogens with zero attached hydrogens (tertiary/aromatic N) is 2. The standard InChI is InChI=1S/2C21H46N.H2O4S/c2*1-6-10-14-18-22(19-15-11-7-2,20-16-12-8-3)21(5)17-13-9-4;1-5(2,3)4/h2*21H,6-20H2,1-5H3;(H2,1,2,3,4)/q2*+1;/p-2. The molecule has 2 unspecified atom stereocenters. The zero-order valence-corrected chi connectivity index (χ0v) is 36.1. The summed E-state index contributed by atoms with van der Waals surface area (Å²) in [5.74, 6) is 0. The van der Waals surface area contributed by atoms with E-state index in [4.69, 9.17) is 17.5 Å². The van der Waals surface area contributed by atoms with Crippen molar-refractivity contribution >= 4 is 10.4 Å². The summed E-state index contributed by atoms with van der Waals surface area (Å²) in [5, 5.41) is 0. The van der Waals surface area contributed by atoms with Gasteiger partial charge in [0.25, 0.3) is 0 Å². The lowest BCUT2D eigenvalue weighted by Crippen LogP contribution is -2.56. The fraction of sp³-hybridized carbons (Fsp3) is 1.00. The highest BCUT2D eigenvalue weighted by Gasteiger charge is 2.33. The second-order valence-electron chi connectivity index (χ2n) is 15.4. The number of quaternary nitrogens is 2. The van der Waals surface area contributed by atoms with E-state index in [1.165, 1.54) is 202 Å². The highest BCUT2D eigenvalue weighted by molar-refractivity contribution is 7.79. The van der Waals surface area contributed by atoms with E-state index in [1.807, 2.05) is 0 Å². The molecule has 0 saturated carbocycles. The molecule has 0 bridgehead atoms. The molecule has 0 spiro atoms. The van der Waals surface area contributed by atoms with E-state index in [9.17, 15) is 0 Å². The molecule has 0 rings (SSSR count). The van der Waals surface area contributed by atoms with Gasteiger partial charge in [-0.15, -0.1) is 0 Å². The average molecular weight is 721 g/mol. The van der Waals surface area contributed by atoms with E-state index in [-0.39, 0.29) is 0 Å². The Kier molecular flexibility index (Phi) is 39.2. The van der Waals surface area contributed by atoms with Crippen LogP contribution in [0, 0.1) is 0 Å². The van der Waals surface area contributed by atoms with Gasteiger partial charge in [0.15, 0.2) is 0 Å². The van der Waals surface area contributed by atoms with Gasteiger partial charge in [-0.3, -0.25) is 8.42 Å². The van der Waals surface area contributed by atoms with E-state index in [0.29, 0.717) is 0 Å². The van der Waals surface area contributed by atoms with Gasteiger partial charge >= 0.3 is 0 Å². The molecule has 0 fully saturated rings. The lowest BCUT2D eigenvalue weighted by atomic mass is 10.0. The van der Waals surface area contributed by atoms with E-state index in [1.54, 1.807) is 0 Å². The molecular weight excluding hydrogens is 629 g/mol. The Balaban J connectivity index is -0.000000757. The fourth-order valence-electron chi connectivity index (χ4n) is 7.60. The van der Waals surface area contributed by atoms with Gasteiger partial charge in [-0.05, 0) is 117 Å². The Hall–Kier alpha value is -0.210. The highest BCUT2D eigenvalue weighted by atomic mass is 32.3. The number of hydrogen-bond donors (Lipinski definition) is 0. The van der Waals surface area contributed by atoms with Crippen molar-refractivity contribution in [3.8, 4) is 0 Å². The van der Waals surface area contributed by atoms with Crippen LogP contribution in [0.1, 0.15) is 223 Å². The van der Waals surface area contributed by atoms with Gasteiger partial charge in [0.1, 0.15) is 0 Å². The summed E-state index contributed by atoms with van der Waals surface area (Å²) in [6.45, 7) is 32.4. The van der Waals surface area contributed by atoms with E-state index in [2.05, 4.69) is 69.2 Å². The van der Waals surface area contributed by atoms with E-state index >= 15 is 0 Å². The first-order valence-electron chi connectivity index (χ1n) is 21.7. The molecule has 0 saturated heterocycles. The monoisotopic (exact) mass is 721 g/mol. The minimum absolute atomic E-state index is 0.866. The second kappa shape index (κ2) is 36.2. The summed E-state index contributed by atoms with van der Waals surface area (Å²) in [7, 11) is -5.17. The van der Waals surface area contributed by atoms with Gasteiger partial charge < -0.3 is 18.1 Å². The highest BCUT2D eigenvalue weighted by Crippen LogP contribution is 2.25. The first kappa shape index (κ1) is 53.1. The Labute approximate surface area is 310 Å². The summed E-state index contributed by atoms with van der Waals surface area (Å²) in [4.78, 5) is 0. The van der Waals surface area contributed by atoms with Crippen LogP contribution in [-0.4, -0.2) is 77.8 Å². The number of unbranched alkanes of at least 4 members (excludes halogenated alkanes) is 14. The van der Waals surface area contributed by atoms with Crippen molar-refractivity contribution in [3.05, 3.63) is 0 Å². The van der Waals surface area contributed by atoms with Crippen molar-refractivity contribution in [2.24, 2.45) is 0 Å². The number of hydrogen-bond acceptors (Lipinski definition) is 4. The SMILES string of the molecule is CCCCC[N+](CCCCC)(CCCCC)C(C)CCCC.CCCCC[N+](CCCCC)(CCCCC)C(C)CCCC.O=S(=O)([O-])[O-]. The Morgan fingerprint density at radius 3 is 0.673 bits per heavy atom. The second-order valence-corrected chi connectivity index (χ2v) is 16.2. The summed E-state index contributed by atoms with van der Waals surface area (Å²) >= 11 is 0. The topological polar surface area (TPSA) is 80.3 Å². The van der Waals surface area contributed by atoms with Crippen LogP contribution in [-0.2, 0) is 10.4 Å². The molecule has 0 amide bonds. The van der Waals surface area contributed by atoms with Gasteiger partial charge in [0.05, 0.1) is 51.4 Å². The van der Waals surface area contributed by atoms with Crippen molar-refractivity contribution in [1.29, 1.82) is 0 Å². The quantitative estimate of drug-likeness (QED) is 0.0300. The van der Waals surface area contributed by atoms with Crippen molar-refractivity contribution in [2.45, 2.75) is 235 Å². The Morgan fingerprint density at radius 2 is 0.531 bits per heavy atom. The molecule has 0 aromatic rings. The maximum Gasteiger partial charge on any atom is 0.0861 e. The third kappa shape index (κ3) is 32.2. The largest absolute Gasteiger partial charge is 0.759 e. The van der Waals surface area contributed by atoms with Crippen LogP contribution in [0.15, 0.2) is 0 Å². The van der Waals surface area contributed by atoms with Crippen molar-refractivity contribution in [2.75, 3.05) is 39.3 Å². The molecule has 0 aliphatic carbocycles. The molecule has 6 nitrogen and oxygen atoms in total. The molecule has 0 aromatic carbocycles. The first-order valence-corrected chi connectivity index (χ1v) is 23.0. The lowest BCUT2D eigenvalue weighted by Gasteiger charge is -2.44. The van der Waals surface area contributed by atoms with Crippen molar-refractivity contribution < 1.29 is 26.5 Å². The molecular formula is C42H92N2O4S. The molecule has 0 aromatic heterocycles. The Bertz CT molecular complexity index is 653. The van der Waals surface area contributed by atoms with Crippen LogP contribution < -0.4 is 0 Å². The molecule has 2 atom stereocenters. The molecule has 0 heterocycles. The lowest BCUT2D eigenvalue weighted by molar-refractivity contribution is -0.950. The molecule has 0 aliphatic rings. The van der Waals surface area contributed by atoms with Crippen LogP contribution in [0.3, 0.4) is 0 Å². The zero-order valence-electron chi connectivity index (χ0n) is 35.3. The molecule has 49 heavy (non-hydrogen) atoms. The fourth-order valence-corrected chi connectivity index (χ4v) is 7.60. The summed E-state index contributed by atoms with van der Waals surface area (Å²) in [5.41, 5.74) is 0. The summed E-state index contributed by atoms with van der Waals surface area (Å²) in [6, 6.07) is 1.73. The predicted octanol–water partition coefficient (Wildman–Crippen LogP) is 12.6. The molecule has 0 radical (unpaired) electrons. The van der Waals surface area contributed by atoms with Gasteiger partial charge in [0, 0.05) is 10.4 Å². The zero-order chi connectivity index (χ0) is 37.9. The molecule has 300 valence electrons. The van der Waals surface area contributed by atoms with Gasteiger partial charge in [-0.2, -0.15) is 0 Å². The van der Waals surface area contributed by atoms with E-state index < -0.39 is 10.4 Å². The Morgan fingerprint density at radius 1 is 0.367 bits per heavy atom.